The van der Waals surface area contributed by atoms with E-state index in [4.69, 9.17) is 10.5 Å². The summed E-state index contributed by atoms with van der Waals surface area (Å²) in [6.45, 7) is 1.59. The first-order valence-electron chi connectivity index (χ1n) is 10.2. The van der Waals surface area contributed by atoms with Gasteiger partial charge in [0.1, 0.15) is 6.04 Å². The summed E-state index contributed by atoms with van der Waals surface area (Å²) in [6, 6.07) is 13.0. The van der Waals surface area contributed by atoms with Gasteiger partial charge in [-0.05, 0) is 47.9 Å². The summed E-state index contributed by atoms with van der Waals surface area (Å²) in [7, 11) is 0. The summed E-state index contributed by atoms with van der Waals surface area (Å²) in [5.41, 5.74) is 5.58. The number of ether oxygens (including phenoxy) is 1. The van der Waals surface area contributed by atoms with Crippen LogP contribution in [0.1, 0.15) is 50.4 Å². The molecule has 0 aliphatic rings. The van der Waals surface area contributed by atoms with Gasteiger partial charge in [0.2, 0.25) is 0 Å². The third-order valence-corrected chi connectivity index (χ3v) is 5.10. The molecule has 0 saturated carbocycles. The highest BCUT2D eigenvalue weighted by atomic mass is 19.4. The number of alkyl halides is 3. The summed E-state index contributed by atoms with van der Waals surface area (Å²) in [4.78, 5) is 37.3. The molecule has 0 spiro atoms. The van der Waals surface area contributed by atoms with Crippen molar-refractivity contribution in [3.05, 3.63) is 94.5 Å². The molecular formula is C25H20F3NO5. The molecule has 0 heterocycles. The Labute approximate surface area is 192 Å². The molecule has 3 aromatic carbocycles. The maximum Gasteiger partial charge on any atom is 0.416 e. The van der Waals surface area contributed by atoms with Crippen molar-refractivity contribution in [2.24, 2.45) is 5.73 Å². The van der Waals surface area contributed by atoms with Crippen LogP contribution in [0.3, 0.4) is 0 Å². The third-order valence-electron chi connectivity index (χ3n) is 5.10. The number of rotatable bonds is 7. The van der Waals surface area contributed by atoms with Gasteiger partial charge in [0.25, 0.3) is 0 Å². The first-order valence-corrected chi connectivity index (χ1v) is 10.2. The number of hydrogen-bond donors (Lipinski definition) is 2. The van der Waals surface area contributed by atoms with Crippen molar-refractivity contribution in [2.75, 3.05) is 6.61 Å². The Bertz CT molecular complexity index is 1240. The van der Waals surface area contributed by atoms with Gasteiger partial charge in [-0.15, -0.1) is 0 Å². The average Bonchev–Trinajstić information content (AvgIpc) is 2.82. The fraction of sp³-hybridized carbons (Fsp3) is 0.160. The van der Waals surface area contributed by atoms with Crippen LogP contribution in [0.4, 0.5) is 13.2 Å². The van der Waals surface area contributed by atoms with E-state index in [1.807, 2.05) is 0 Å². The van der Waals surface area contributed by atoms with E-state index in [-0.39, 0.29) is 28.9 Å². The minimum absolute atomic E-state index is 0.0177. The minimum atomic E-state index is -4.50. The van der Waals surface area contributed by atoms with Gasteiger partial charge >= 0.3 is 18.1 Å². The van der Waals surface area contributed by atoms with Crippen LogP contribution >= 0.6 is 0 Å². The summed E-state index contributed by atoms with van der Waals surface area (Å²) in [5.74, 6) is -2.74. The van der Waals surface area contributed by atoms with Gasteiger partial charge in [0, 0.05) is 11.1 Å². The van der Waals surface area contributed by atoms with Crippen LogP contribution in [0.2, 0.25) is 0 Å². The van der Waals surface area contributed by atoms with Crippen LogP contribution in [0.15, 0.2) is 66.7 Å². The van der Waals surface area contributed by atoms with Gasteiger partial charge in [0.15, 0.2) is 5.78 Å². The Morgan fingerprint density at radius 3 is 2.18 bits per heavy atom. The van der Waals surface area contributed by atoms with Gasteiger partial charge < -0.3 is 15.6 Å². The van der Waals surface area contributed by atoms with Crippen LogP contribution in [0, 0.1) is 0 Å². The van der Waals surface area contributed by atoms with E-state index >= 15 is 0 Å². The molecule has 0 bridgehead atoms. The van der Waals surface area contributed by atoms with Crippen molar-refractivity contribution in [3.8, 4) is 11.1 Å². The Balaban J connectivity index is 2.10. The molecule has 3 N–H and O–H groups in total. The molecule has 0 aliphatic carbocycles. The SMILES string of the molecule is CCOC(=O)c1cc(C(N)C(=O)O)ccc1C(=O)c1ccccc1-c1ccc(C(F)(F)F)cc1. The van der Waals surface area contributed by atoms with E-state index in [0.29, 0.717) is 11.1 Å². The summed E-state index contributed by atoms with van der Waals surface area (Å²) < 4.78 is 43.8. The lowest BCUT2D eigenvalue weighted by molar-refractivity contribution is -0.139. The predicted octanol–water partition coefficient (Wildman–Crippen LogP) is 4.86. The normalized spacial score (nSPS) is 12.1. The zero-order valence-electron chi connectivity index (χ0n) is 17.9. The number of ketones is 1. The van der Waals surface area contributed by atoms with E-state index in [9.17, 15) is 32.7 Å². The maximum absolute atomic E-state index is 13.5. The number of aliphatic carboxylic acids is 1. The summed E-state index contributed by atoms with van der Waals surface area (Å²) >= 11 is 0. The van der Waals surface area contributed by atoms with Crippen LogP contribution in [0.5, 0.6) is 0 Å². The number of esters is 1. The largest absolute Gasteiger partial charge is 0.480 e. The van der Waals surface area contributed by atoms with E-state index < -0.39 is 35.5 Å². The van der Waals surface area contributed by atoms with E-state index in [0.717, 1.165) is 12.1 Å². The zero-order valence-corrected chi connectivity index (χ0v) is 17.9. The molecule has 176 valence electrons. The molecule has 9 heteroatoms. The lowest BCUT2D eigenvalue weighted by Gasteiger charge is -2.15. The molecule has 0 saturated heterocycles. The summed E-state index contributed by atoms with van der Waals surface area (Å²) in [5, 5.41) is 9.18. The first-order chi connectivity index (χ1) is 16.0. The second kappa shape index (κ2) is 9.88. The number of hydrogen-bond acceptors (Lipinski definition) is 5. The molecule has 0 aromatic heterocycles. The summed E-state index contributed by atoms with van der Waals surface area (Å²) in [6.07, 6.45) is -4.50. The van der Waals surface area contributed by atoms with E-state index in [2.05, 4.69) is 0 Å². The molecule has 0 aliphatic heterocycles. The van der Waals surface area contributed by atoms with Crippen LogP contribution < -0.4 is 5.73 Å². The zero-order chi connectivity index (χ0) is 25.0. The fourth-order valence-electron chi connectivity index (χ4n) is 3.39. The molecule has 0 radical (unpaired) electrons. The first kappa shape index (κ1) is 24.7. The molecule has 3 rings (SSSR count). The van der Waals surface area contributed by atoms with E-state index in [1.54, 1.807) is 25.1 Å². The second-order valence-corrected chi connectivity index (χ2v) is 7.29. The van der Waals surface area contributed by atoms with Gasteiger partial charge in [0.05, 0.1) is 17.7 Å². The monoisotopic (exact) mass is 471 g/mol. The van der Waals surface area contributed by atoms with Crippen LogP contribution in [-0.4, -0.2) is 29.4 Å². The number of carboxylic acids is 1. The van der Waals surface area contributed by atoms with Gasteiger partial charge in [-0.2, -0.15) is 13.2 Å². The molecule has 1 atom stereocenters. The predicted molar refractivity (Wildman–Crippen MR) is 117 cm³/mol. The number of carbonyl (C=O) groups is 3. The fourth-order valence-corrected chi connectivity index (χ4v) is 3.39. The molecule has 0 fully saturated rings. The highest BCUT2D eigenvalue weighted by Crippen LogP contribution is 2.33. The highest BCUT2D eigenvalue weighted by Gasteiger charge is 2.30. The third kappa shape index (κ3) is 5.15. The molecule has 6 nitrogen and oxygen atoms in total. The topological polar surface area (TPSA) is 107 Å². The van der Waals surface area contributed by atoms with Gasteiger partial charge in [-0.25, -0.2) is 4.79 Å². The van der Waals surface area contributed by atoms with Crippen LogP contribution in [-0.2, 0) is 15.7 Å². The molecule has 0 amide bonds. The maximum atomic E-state index is 13.5. The van der Waals surface area contributed by atoms with Crippen LogP contribution in [0.25, 0.3) is 11.1 Å². The Morgan fingerprint density at radius 1 is 0.941 bits per heavy atom. The van der Waals surface area contributed by atoms with E-state index in [1.165, 1.54) is 36.4 Å². The minimum Gasteiger partial charge on any atom is -0.480 e. The second-order valence-electron chi connectivity index (χ2n) is 7.29. The average molecular weight is 471 g/mol. The van der Waals surface area contributed by atoms with Crippen molar-refractivity contribution in [2.45, 2.75) is 19.1 Å². The standard InChI is InChI=1S/C25H20F3NO5/c1-2-34-24(33)20-13-15(21(29)23(31)32)9-12-19(20)22(30)18-6-4-3-5-17(18)14-7-10-16(11-8-14)25(26,27)28/h3-13,21H,2,29H2,1H3,(H,31,32). The lowest BCUT2D eigenvalue weighted by Crippen LogP contribution is -2.22. The lowest BCUT2D eigenvalue weighted by atomic mass is 9.90. The number of nitrogens with two attached hydrogens (primary N) is 1. The van der Waals surface area contributed by atoms with Crippen molar-refractivity contribution in [3.63, 3.8) is 0 Å². The van der Waals surface area contributed by atoms with Gasteiger partial charge in [-0.1, -0.05) is 42.5 Å². The number of carboxylic acid groups (broad SMARTS) is 1. The van der Waals surface area contributed by atoms with Gasteiger partial charge in [-0.3, -0.25) is 9.59 Å². The quantitative estimate of drug-likeness (QED) is 0.376. The molecule has 3 aromatic rings. The smallest absolute Gasteiger partial charge is 0.416 e. The number of benzene rings is 3. The molecule has 34 heavy (non-hydrogen) atoms. The number of carbonyl (C=O) groups excluding carboxylic acids is 2. The Morgan fingerprint density at radius 2 is 1.59 bits per heavy atom. The highest BCUT2D eigenvalue weighted by molar-refractivity contribution is 6.17. The van der Waals surface area contributed by atoms with Crippen molar-refractivity contribution in [1.29, 1.82) is 0 Å². The van der Waals surface area contributed by atoms with Crippen molar-refractivity contribution < 1.29 is 37.4 Å². The van der Waals surface area contributed by atoms with Crippen molar-refractivity contribution >= 4 is 17.7 Å². The molecule has 1 unspecified atom stereocenters. The Hall–Kier alpha value is -3.98. The Kier molecular flexibility index (Phi) is 7.17. The number of halogens is 3. The van der Waals surface area contributed by atoms with Crippen molar-refractivity contribution in [1.82, 2.24) is 0 Å². The molecular weight excluding hydrogens is 451 g/mol.